The number of methoxy groups -OCH3 is 2. The molecule has 0 fully saturated rings. The molecule has 0 aliphatic rings. The maximum atomic E-state index is 12.4. The van der Waals surface area contributed by atoms with Gasteiger partial charge >= 0.3 is 0 Å². The first-order valence-corrected chi connectivity index (χ1v) is 8.23. The Bertz CT molecular complexity index is 937. The highest BCUT2D eigenvalue weighted by molar-refractivity contribution is 6.00. The first-order valence-electron chi connectivity index (χ1n) is 8.23. The average molecular weight is 352 g/mol. The second kappa shape index (κ2) is 7.74. The number of hydrogen-bond donors (Lipinski definition) is 1. The van der Waals surface area contributed by atoms with Crippen LogP contribution in [0.4, 0.5) is 0 Å². The van der Waals surface area contributed by atoms with Gasteiger partial charge in [-0.25, -0.2) is 5.43 Å². The van der Waals surface area contributed by atoms with Gasteiger partial charge in [0.25, 0.3) is 5.91 Å². The molecule has 3 rings (SSSR count). The van der Waals surface area contributed by atoms with Gasteiger partial charge < -0.3 is 13.9 Å². The standard InChI is InChI=1S/C20H20N2O4/c1-4-18-17(16-7-5-6-8-19(16)26-18)12-21-22-20(23)13-9-14(24-2)11-15(10-13)25-3/h5-12H,4H2,1-3H3,(H,22,23)/b21-12-. The zero-order chi connectivity index (χ0) is 18.5. The fourth-order valence-electron chi connectivity index (χ4n) is 2.68. The first kappa shape index (κ1) is 17.5. The van der Waals surface area contributed by atoms with Gasteiger partial charge in [0, 0.05) is 29.0 Å². The molecule has 0 saturated carbocycles. The molecule has 0 unspecified atom stereocenters. The van der Waals surface area contributed by atoms with Crippen LogP contribution in [0.2, 0.25) is 0 Å². The summed E-state index contributed by atoms with van der Waals surface area (Å²) in [6.45, 7) is 2.01. The normalized spacial score (nSPS) is 11.0. The Morgan fingerprint density at radius 1 is 1.15 bits per heavy atom. The van der Waals surface area contributed by atoms with Gasteiger partial charge in [-0.15, -0.1) is 0 Å². The second-order valence-corrected chi connectivity index (χ2v) is 5.59. The number of amides is 1. The maximum absolute atomic E-state index is 12.4. The van der Waals surface area contributed by atoms with E-state index in [1.165, 1.54) is 14.2 Å². The number of hydrogen-bond acceptors (Lipinski definition) is 5. The van der Waals surface area contributed by atoms with Gasteiger partial charge in [-0.05, 0) is 18.2 Å². The molecule has 6 nitrogen and oxygen atoms in total. The Balaban J connectivity index is 1.82. The van der Waals surface area contributed by atoms with Crippen LogP contribution < -0.4 is 14.9 Å². The minimum atomic E-state index is -0.357. The van der Waals surface area contributed by atoms with Crippen LogP contribution in [0.5, 0.6) is 11.5 Å². The Labute approximate surface area is 151 Å². The SMILES string of the molecule is CCc1oc2ccccc2c1/C=N\NC(=O)c1cc(OC)cc(OC)c1. The van der Waals surface area contributed by atoms with Crippen molar-refractivity contribution in [2.75, 3.05) is 14.2 Å². The van der Waals surface area contributed by atoms with Gasteiger partial charge in [0.15, 0.2) is 0 Å². The highest BCUT2D eigenvalue weighted by Crippen LogP contribution is 2.25. The second-order valence-electron chi connectivity index (χ2n) is 5.59. The highest BCUT2D eigenvalue weighted by Gasteiger charge is 2.12. The monoisotopic (exact) mass is 352 g/mol. The fraction of sp³-hybridized carbons (Fsp3) is 0.200. The van der Waals surface area contributed by atoms with Crippen molar-refractivity contribution in [1.29, 1.82) is 0 Å². The van der Waals surface area contributed by atoms with E-state index < -0.39 is 0 Å². The molecule has 2 aromatic carbocycles. The van der Waals surface area contributed by atoms with Gasteiger partial charge in [0.05, 0.1) is 20.4 Å². The van der Waals surface area contributed by atoms with Gasteiger partial charge in [-0.1, -0.05) is 25.1 Å². The van der Waals surface area contributed by atoms with E-state index in [9.17, 15) is 4.79 Å². The molecular weight excluding hydrogens is 332 g/mol. The third-order valence-electron chi connectivity index (χ3n) is 4.01. The summed E-state index contributed by atoms with van der Waals surface area (Å²) in [6, 6.07) is 12.7. The van der Waals surface area contributed by atoms with E-state index in [0.29, 0.717) is 17.1 Å². The molecule has 3 aromatic rings. The highest BCUT2D eigenvalue weighted by atomic mass is 16.5. The summed E-state index contributed by atoms with van der Waals surface area (Å²) in [5.74, 6) is 1.54. The number of nitrogens with one attached hydrogen (secondary N) is 1. The van der Waals surface area contributed by atoms with Gasteiger partial charge in [-0.3, -0.25) is 4.79 Å². The number of rotatable bonds is 6. The molecule has 1 heterocycles. The van der Waals surface area contributed by atoms with Crippen molar-refractivity contribution < 1.29 is 18.7 Å². The van der Waals surface area contributed by atoms with Crippen molar-refractivity contribution in [3.63, 3.8) is 0 Å². The third-order valence-corrected chi connectivity index (χ3v) is 4.01. The van der Waals surface area contributed by atoms with E-state index in [-0.39, 0.29) is 5.91 Å². The molecule has 0 aliphatic heterocycles. The topological polar surface area (TPSA) is 73.1 Å². The number of carbonyl (C=O) groups excluding carboxylic acids is 1. The molecule has 0 bridgehead atoms. The van der Waals surface area contributed by atoms with Crippen molar-refractivity contribution >= 4 is 23.1 Å². The number of fused-ring (bicyclic) bond motifs is 1. The number of ether oxygens (including phenoxy) is 2. The number of carbonyl (C=O) groups is 1. The molecule has 0 aliphatic carbocycles. The lowest BCUT2D eigenvalue weighted by Crippen LogP contribution is -2.17. The Kier molecular flexibility index (Phi) is 5.22. The van der Waals surface area contributed by atoms with Crippen LogP contribution in [0.15, 0.2) is 52.0 Å². The van der Waals surface area contributed by atoms with Crippen LogP contribution in [0.3, 0.4) is 0 Å². The maximum Gasteiger partial charge on any atom is 0.271 e. The van der Waals surface area contributed by atoms with Crippen LogP contribution in [-0.4, -0.2) is 26.3 Å². The molecule has 0 saturated heterocycles. The predicted octanol–water partition coefficient (Wildman–Crippen LogP) is 3.78. The number of furan rings is 1. The van der Waals surface area contributed by atoms with Crippen molar-refractivity contribution in [2.24, 2.45) is 5.10 Å². The van der Waals surface area contributed by atoms with E-state index in [2.05, 4.69) is 10.5 Å². The molecule has 1 aromatic heterocycles. The summed E-state index contributed by atoms with van der Waals surface area (Å²) in [5.41, 5.74) is 4.60. The Morgan fingerprint density at radius 3 is 2.50 bits per heavy atom. The minimum absolute atomic E-state index is 0.357. The van der Waals surface area contributed by atoms with Crippen LogP contribution in [-0.2, 0) is 6.42 Å². The zero-order valence-corrected chi connectivity index (χ0v) is 14.9. The fourth-order valence-corrected chi connectivity index (χ4v) is 2.68. The minimum Gasteiger partial charge on any atom is -0.497 e. The number of aryl methyl sites for hydroxylation is 1. The number of para-hydroxylation sites is 1. The van der Waals surface area contributed by atoms with E-state index in [1.54, 1.807) is 24.4 Å². The van der Waals surface area contributed by atoms with Crippen molar-refractivity contribution in [3.8, 4) is 11.5 Å². The third kappa shape index (κ3) is 3.54. The van der Waals surface area contributed by atoms with E-state index in [1.807, 2.05) is 31.2 Å². The van der Waals surface area contributed by atoms with Gasteiger partial charge in [-0.2, -0.15) is 5.10 Å². The Morgan fingerprint density at radius 2 is 1.85 bits per heavy atom. The smallest absolute Gasteiger partial charge is 0.271 e. The van der Waals surface area contributed by atoms with Crippen molar-refractivity contribution in [1.82, 2.24) is 5.43 Å². The van der Waals surface area contributed by atoms with Crippen LogP contribution >= 0.6 is 0 Å². The summed E-state index contributed by atoms with van der Waals surface area (Å²) < 4.78 is 16.2. The lowest BCUT2D eigenvalue weighted by atomic mass is 10.1. The van der Waals surface area contributed by atoms with Crippen LogP contribution in [0.1, 0.15) is 28.6 Å². The summed E-state index contributed by atoms with van der Waals surface area (Å²) in [7, 11) is 3.07. The summed E-state index contributed by atoms with van der Waals surface area (Å²) in [5, 5.41) is 5.06. The van der Waals surface area contributed by atoms with Gasteiger partial charge in [0.1, 0.15) is 22.8 Å². The molecule has 26 heavy (non-hydrogen) atoms. The lowest BCUT2D eigenvalue weighted by Gasteiger charge is -2.07. The van der Waals surface area contributed by atoms with E-state index in [4.69, 9.17) is 13.9 Å². The molecule has 0 spiro atoms. The van der Waals surface area contributed by atoms with Crippen molar-refractivity contribution in [2.45, 2.75) is 13.3 Å². The molecule has 0 radical (unpaired) electrons. The molecule has 1 N–H and O–H groups in total. The number of nitrogens with zero attached hydrogens (tertiary/aromatic N) is 1. The first-order chi connectivity index (χ1) is 12.7. The van der Waals surface area contributed by atoms with Gasteiger partial charge in [0.2, 0.25) is 0 Å². The molecule has 134 valence electrons. The lowest BCUT2D eigenvalue weighted by molar-refractivity contribution is 0.0954. The number of benzene rings is 2. The van der Waals surface area contributed by atoms with Crippen LogP contribution in [0, 0.1) is 0 Å². The van der Waals surface area contributed by atoms with Crippen LogP contribution in [0.25, 0.3) is 11.0 Å². The van der Waals surface area contributed by atoms with E-state index >= 15 is 0 Å². The molecule has 6 heteroatoms. The summed E-state index contributed by atoms with van der Waals surface area (Å²) >= 11 is 0. The number of hydrazone groups is 1. The average Bonchev–Trinajstić information content (AvgIpc) is 3.05. The predicted molar refractivity (Wildman–Crippen MR) is 100 cm³/mol. The largest absolute Gasteiger partial charge is 0.497 e. The molecule has 1 amide bonds. The Hall–Kier alpha value is -3.28. The molecule has 0 atom stereocenters. The quantitative estimate of drug-likeness (QED) is 0.541. The van der Waals surface area contributed by atoms with Crippen molar-refractivity contribution in [3.05, 3.63) is 59.4 Å². The molecular formula is C20H20N2O4. The summed E-state index contributed by atoms with van der Waals surface area (Å²) in [4.78, 5) is 12.4. The zero-order valence-electron chi connectivity index (χ0n) is 14.9. The van der Waals surface area contributed by atoms with E-state index in [0.717, 1.165) is 28.7 Å². The summed E-state index contributed by atoms with van der Waals surface area (Å²) in [6.07, 6.45) is 2.34.